The van der Waals surface area contributed by atoms with Gasteiger partial charge >= 0.3 is 5.63 Å². The number of para-hydroxylation sites is 1. The summed E-state index contributed by atoms with van der Waals surface area (Å²) in [5.41, 5.74) is 0.815. The Bertz CT molecular complexity index is 1110. The van der Waals surface area contributed by atoms with E-state index in [1.54, 1.807) is 18.2 Å². The summed E-state index contributed by atoms with van der Waals surface area (Å²) < 4.78 is 6.81. The van der Waals surface area contributed by atoms with Gasteiger partial charge in [0.2, 0.25) is 4.96 Å². The lowest BCUT2D eigenvalue weighted by molar-refractivity contribution is 0.111. The Hall–Kier alpha value is -2.80. The SMILES string of the molecule is CCc1nn2c(C=O)c(-c3cc4ccccc4oc3=O)nc2s1. The number of imidazole rings is 1. The highest BCUT2D eigenvalue weighted by molar-refractivity contribution is 7.16. The third-order valence-electron chi connectivity index (χ3n) is 3.59. The fraction of sp³-hybridized carbons (Fsp3) is 0.125. The summed E-state index contributed by atoms with van der Waals surface area (Å²) in [6, 6.07) is 8.91. The summed E-state index contributed by atoms with van der Waals surface area (Å²) >= 11 is 1.40. The zero-order chi connectivity index (χ0) is 16.0. The van der Waals surface area contributed by atoms with Crippen molar-refractivity contribution in [2.75, 3.05) is 0 Å². The minimum Gasteiger partial charge on any atom is -0.422 e. The van der Waals surface area contributed by atoms with Gasteiger partial charge in [-0.1, -0.05) is 36.5 Å². The van der Waals surface area contributed by atoms with Crippen LogP contribution in [-0.2, 0) is 6.42 Å². The summed E-state index contributed by atoms with van der Waals surface area (Å²) in [6.07, 6.45) is 1.43. The fourth-order valence-corrected chi connectivity index (χ4v) is 3.32. The van der Waals surface area contributed by atoms with E-state index in [1.165, 1.54) is 15.9 Å². The van der Waals surface area contributed by atoms with Gasteiger partial charge in [0.25, 0.3) is 0 Å². The Balaban J connectivity index is 2.01. The van der Waals surface area contributed by atoms with Crippen LogP contribution in [0.2, 0.25) is 0 Å². The zero-order valence-corrected chi connectivity index (χ0v) is 13.0. The van der Waals surface area contributed by atoms with Crippen molar-refractivity contribution in [2.24, 2.45) is 0 Å². The normalized spacial score (nSPS) is 11.3. The summed E-state index contributed by atoms with van der Waals surface area (Å²) in [4.78, 5) is 28.8. The second-order valence-corrected chi connectivity index (χ2v) is 6.03. The van der Waals surface area contributed by atoms with E-state index in [-0.39, 0.29) is 11.3 Å². The molecule has 4 aromatic rings. The molecule has 23 heavy (non-hydrogen) atoms. The molecule has 0 fully saturated rings. The largest absolute Gasteiger partial charge is 0.422 e. The summed E-state index contributed by atoms with van der Waals surface area (Å²) in [5.74, 6) is 0. The van der Waals surface area contributed by atoms with Gasteiger partial charge in [-0.05, 0) is 18.6 Å². The number of aldehydes is 1. The van der Waals surface area contributed by atoms with E-state index in [1.807, 2.05) is 19.1 Å². The number of hydrogen-bond donors (Lipinski definition) is 0. The number of carbonyl (C=O) groups excluding carboxylic acids is 1. The predicted octanol–water partition coefficient (Wildman–Crippen LogP) is 2.94. The van der Waals surface area contributed by atoms with Crippen molar-refractivity contribution in [2.45, 2.75) is 13.3 Å². The molecular weight excluding hydrogens is 314 g/mol. The van der Waals surface area contributed by atoms with Gasteiger partial charge in [-0.25, -0.2) is 9.78 Å². The first-order valence-electron chi connectivity index (χ1n) is 7.08. The van der Waals surface area contributed by atoms with Gasteiger partial charge in [-0.3, -0.25) is 4.79 Å². The van der Waals surface area contributed by atoms with Gasteiger partial charge in [0.1, 0.15) is 22.0 Å². The van der Waals surface area contributed by atoms with Gasteiger partial charge in [0, 0.05) is 5.39 Å². The van der Waals surface area contributed by atoms with E-state index in [0.717, 1.165) is 16.8 Å². The Morgan fingerprint density at radius 3 is 2.96 bits per heavy atom. The van der Waals surface area contributed by atoms with Crippen molar-refractivity contribution in [1.29, 1.82) is 0 Å². The molecule has 0 aliphatic carbocycles. The van der Waals surface area contributed by atoms with Crippen LogP contribution in [0.25, 0.3) is 27.2 Å². The summed E-state index contributed by atoms with van der Waals surface area (Å²) in [6.45, 7) is 1.98. The minimum absolute atomic E-state index is 0.263. The van der Waals surface area contributed by atoms with Crippen LogP contribution < -0.4 is 5.63 Å². The van der Waals surface area contributed by atoms with Crippen LogP contribution in [0, 0.1) is 0 Å². The molecule has 114 valence electrons. The minimum atomic E-state index is -0.520. The van der Waals surface area contributed by atoms with E-state index >= 15 is 0 Å². The van der Waals surface area contributed by atoms with Crippen molar-refractivity contribution in [3.8, 4) is 11.3 Å². The van der Waals surface area contributed by atoms with Gasteiger partial charge in [-0.15, -0.1) is 0 Å². The van der Waals surface area contributed by atoms with Crippen LogP contribution in [0.4, 0.5) is 0 Å². The van der Waals surface area contributed by atoms with E-state index in [0.29, 0.717) is 22.5 Å². The monoisotopic (exact) mass is 325 g/mol. The lowest BCUT2D eigenvalue weighted by atomic mass is 10.1. The molecule has 3 heterocycles. The topological polar surface area (TPSA) is 77.5 Å². The number of fused-ring (bicyclic) bond motifs is 2. The number of carbonyl (C=O) groups is 1. The van der Waals surface area contributed by atoms with Gasteiger partial charge in [0.15, 0.2) is 6.29 Å². The Kier molecular flexibility index (Phi) is 3.09. The van der Waals surface area contributed by atoms with E-state index < -0.39 is 5.63 Å². The zero-order valence-electron chi connectivity index (χ0n) is 12.1. The summed E-state index contributed by atoms with van der Waals surface area (Å²) in [5, 5.41) is 6.01. The van der Waals surface area contributed by atoms with Crippen molar-refractivity contribution in [1.82, 2.24) is 14.6 Å². The van der Waals surface area contributed by atoms with Crippen molar-refractivity contribution < 1.29 is 9.21 Å². The second kappa shape index (κ2) is 5.13. The van der Waals surface area contributed by atoms with Crippen molar-refractivity contribution in [3.05, 3.63) is 51.5 Å². The third-order valence-corrected chi connectivity index (χ3v) is 4.64. The lowest BCUT2D eigenvalue weighted by Gasteiger charge is -2.00. The maximum Gasteiger partial charge on any atom is 0.345 e. The highest BCUT2D eigenvalue weighted by atomic mass is 32.1. The quantitative estimate of drug-likeness (QED) is 0.427. The third kappa shape index (κ3) is 2.08. The molecule has 0 radical (unpaired) electrons. The molecule has 0 amide bonds. The number of aryl methyl sites for hydroxylation is 1. The first-order valence-corrected chi connectivity index (χ1v) is 7.89. The van der Waals surface area contributed by atoms with E-state index in [9.17, 15) is 9.59 Å². The highest BCUT2D eigenvalue weighted by Crippen LogP contribution is 2.26. The number of aromatic nitrogens is 3. The molecule has 0 N–H and O–H groups in total. The molecule has 0 saturated carbocycles. The number of benzene rings is 1. The maximum absolute atomic E-state index is 12.3. The molecule has 6 nitrogen and oxygen atoms in total. The van der Waals surface area contributed by atoms with Gasteiger partial charge in [-0.2, -0.15) is 9.61 Å². The molecule has 0 aliphatic heterocycles. The Labute approximate surface area is 134 Å². The Morgan fingerprint density at radius 1 is 1.35 bits per heavy atom. The van der Waals surface area contributed by atoms with Crippen LogP contribution in [0.3, 0.4) is 0 Å². The molecule has 0 spiro atoms. The molecule has 0 bridgehead atoms. The van der Waals surface area contributed by atoms with Crippen LogP contribution >= 0.6 is 11.3 Å². The van der Waals surface area contributed by atoms with Crippen LogP contribution in [0.15, 0.2) is 39.5 Å². The number of nitrogens with zero attached hydrogens (tertiary/aromatic N) is 3. The molecule has 4 rings (SSSR count). The average molecular weight is 325 g/mol. The molecule has 1 aromatic carbocycles. The van der Waals surface area contributed by atoms with Crippen molar-refractivity contribution >= 4 is 33.6 Å². The number of rotatable bonds is 3. The first kappa shape index (κ1) is 13.8. The van der Waals surface area contributed by atoms with Gasteiger partial charge in [0.05, 0.1) is 5.56 Å². The summed E-state index contributed by atoms with van der Waals surface area (Å²) in [7, 11) is 0. The van der Waals surface area contributed by atoms with Crippen LogP contribution in [0.5, 0.6) is 0 Å². The van der Waals surface area contributed by atoms with E-state index in [2.05, 4.69) is 10.1 Å². The van der Waals surface area contributed by atoms with Crippen molar-refractivity contribution in [3.63, 3.8) is 0 Å². The maximum atomic E-state index is 12.3. The molecule has 0 unspecified atom stereocenters. The number of hydrogen-bond acceptors (Lipinski definition) is 6. The smallest absolute Gasteiger partial charge is 0.345 e. The molecule has 3 aromatic heterocycles. The first-order chi connectivity index (χ1) is 11.2. The molecule has 0 atom stereocenters. The predicted molar refractivity (Wildman–Crippen MR) is 87.1 cm³/mol. The van der Waals surface area contributed by atoms with Crippen LogP contribution in [-0.4, -0.2) is 20.9 Å². The standard InChI is InChI=1S/C16H11N3O3S/c1-2-13-18-19-11(8-20)14(17-16(19)23-13)10-7-9-5-3-4-6-12(9)22-15(10)21/h3-8H,2H2,1H3. The highest BCUT2D eigenvalue weighted by Gasteiger charge is 2.20. The second-order valence-electron chi connectivity index (χ2n) is 4.99. The molecule has 0 saturated heterocycles. The molecule has 7 heteroatoms. The molecule has 0 aliphatic rings. The van der Waals surface area contributed by atoms with Gasteiger partial charge < -0.3 is 4.42 Å². The van der Waals surface area contributed by atoms with Crippen LogP contribution in [0.1, 0.15) is 22.4 Å². The fourth-order valence-electron chi connectivity index (χ4n) is 2.48. The molecular formula is C16H11N3O3S. The lowest BCUT2D eigenvalue weighted by Crippen LogP contribution is -2.05. The Morgan fingerprint density at radius 2 is 2.17 bits per heavy atom. The van der Waals surface area contributed by atoms with E-state index in [4.69, 9.17) is 4.42 Å². The average Bonchev–Trinajstić information content (AvgIpc) is 3.10.